The molecule has 0 bridgehead atoms. The zero-order chi connectivity index (χ0) is 18.7. The summed E-state index contributed by atoms with van der Waals surface area (Å²) in [6, 6.07) is 0. The van der Waals surface area contributed by atoms with Crippen LogP contribution >= 0.6 is 0 Å². The Kier molecular flexibility index (Phi) is 7.43. The van der Waals surface area contributed by atoms with Crippen LogP contribution in [0, 0.1) is 0 Å². The summed E-state index contributed by atoms with van der Waals surface area (Å²) < 4.78 is 9.11. The average molecular weight is 360 g/mol. The topological polar surface area (TPSA) is 221 Å². The molecule has 144 valence electrons. The van der Waals surface area contributed by atoms with Crippen molar-refractivity contribution in [2.24, 2.45) is 0 Å². The van der Waals surface area contributed by atoms with Crippen molar-refractivity contribution < 1.29 is 60.5 Å². The summed E-state index contributed by atoms with van der Waals surface area (Å²) in [6.07, 6.45) is -8.90. The predicted molar refractivity (Wildman–Crippen MR) is 72.0 cm³/mol. The highest BCUT2D eigenvalue weighted by Crippen LogP contribution is 2.23. The lowest BCUT2D eigenvalue weighted by Crippen LogP contribution is -2.62. The van der Waals surface area contributed by atoms with E-state index in [0.29, 0.717) is 0 Å². The first kappa shape index (κ1) is 21.6. The smallest absolute Gasteiger partial charge is 0.218 e. The Morgan fingerprint density at radius 1 is 0.667 bits per heavy atom. The van der Waals surface area contributed by atoms with Crippen molar-refractivity contribution in [3.63, 3.8) is 0 Å². The first-order chi connectivity index (χ1) is 11.0. The van der Waals surface area contributed by atoms with Crippen LogP contribution in [-0.2, 0) is 9.47 Å². The van der Waals surface area contributed by atoms with Crippen LogP contribution in [0.15, 0.2) is 0 Å². The van der Waals surface area contributed by atoms with E-state index in [1.165, 1.54) is 0 Å². The lowest BCUT2D eigenvalue weighted by molar-refractivity contribution is -0.331. The number of aliphatic hydroxyl groups excluding tert-OH is 8. The van der Waals surface area contributed by atoms with Gasteiger partial charge in [0.25, 0.3) is 0 Å². The van der Waals surface area contributed by atoms with E-state index in [0.717, 1.165) is 0 Å². The van der Waals surface area contributed by atoms with E-state index < -0.39 is 61.4 Å². The highest BCUT2D eigenvalue weighted by atomic mass is 16.7. The highest BCUT2D eigenvalue weighted by molar-refractivity contribution is 4.91. The average Bonchev–Trinajstić information content (AvgIpc) is 2.59. The molecule has 0 aromatic carbocycles. The van der Waals surface area contributed by atoms with Crippen LogP contribution in [0.5, 0.6) is 0 Å². The molecule has 2 heterocycles. The van der Waals surface area contributed by atoms with Crippen molar-refractivity contribution in [1.82, 2.24) is 0 Å². The van der Waals surface area contributed by atoms with Gasteiger partial charge >= 0.3 is 0 Å². The van der Waals surface area contributed by atoms with Crippen molar-refractivity contribution >= 4 is 0 Å². The van der Waals surface area contributed by atoms with Crippen LogP contribution in [0.3, 0.4) is 0 Å². The monoisotopic (exact) mass is 360 g/mol. The summed E-state index contributed by atoms with van der Waals surface area (Å²) in [5.41, 5.74) is 0. The predicted octanol–water partition coefficient (Wildman–Crippen LogP) is -6.44. The quantitative estimate of drug-likeness (QED) is 0.222. The van der Waals surface area contributed by atoms with Gasteiger partial charge in [0.15, 0.2) is 0 Å². The minimum absolute atomic E-state index is 0.324. The maximum atomic E-state index is 9.24. The van der Waals surface area contributed by atoms with Gasteiger partial charge in [-0.1, -0.05) is 0 Å². The van der Waals surface area contributed by atoms with Gasteiger partial charge in [-0.25, -0.2) is 0 Å². The van der Waals surface area contributed by atoms with Crippen LogP contribution in [0.4, 0.5) is 0 Å². The van der Waals surface area contributed by atoms with Crippen LogP contribution in [0.2, 0.25) is 0 Å². The number of rotatable bonds is 2. The van der Waals surface area contributed by atoms with Gasteiger partial charge in [-0.2, -0.15) is 0 Å². The van der Waals surface area contributed by atoms with Gasteiger partial charge in [-0.3, -0.25) is 0 Å². The number of aliphatic hydroxyl groups is 10. The lowest BCUT2D eigenvalue weighted by atomic mass is 9.98. The molecule has 0 aromatic rings. The lowest BCUT2D eigenvalue weighted by Gasteiger charge is -2.40. The molecule has 12 heteroatoms. The van der Waals surface area contributed by atoms with Crippen LogP contribution < -0.4 is 0 Å². The number of hydrogen-bond donors (Lipinski definition) is 10. The molecule has 10 N–H and O–H groups in total. The Morgan fingerprint density at radius 2 is 0.958 bits per heavy atom. The third kappa shape index (κ3) is 4.37. The molecule has 0 aliphatic carbocycles. The summed E-state index contributed by atoms with van der Waals surface area (Å²) in [5.74, 6) is -4.34. The number of hydrogen-bond acceptors (Lipinski definition) is 12. The van der Waals surface area contributed by atoms with Crippen LogP contribution in [0.1, 0.15) is 0 Å². The molecule has 2 aliphatic rings. The van der Waals surface area contributed by atoms with Gasteiger partial charge in [-0.15, -0.1) is 0 Å². The van der Waals surface area contributed by atoms with E-state index in [-0.39, 0.29) is 13.2 Å². The molecule has 12 nitrogen and oxygen atoms in total. The van der Waals surface area contributed by atoms with Crippen molar-refractivity contribution in [2.45, 2.75) is 48.2 Å². The second-order valence-corrected chi connectivity index (χ2v) is 5.63. The molecule has 2 fully saturated rings. The Morgan fingerprint density at radius 3 is 1.21 bits per heavy atom. The summed E-state index contributed by atoms with van der Waals surface area (Å²) >= 11 is 0. The molecule has 24 heavy (non-hydrogen) atoms. The second-order valence-electron chi connectivity index (χ2n) is 5.63. The van der Waals surface area contributed by atoms with E-state index in [9.17, 15) is 10.2 Å². The fraction of sp³-hybridized carbons (Fsp3) is 1.00. The Hall–Kier alpha value is -0.480. The van der Waals surface area contributed by atoms with E-state index >= 15 is 0 Å². The van der Waals surface area contributed by atoms with Crippen molar-refractivity contribution in [1.29, 1.82) is 0 Å². The Balaban J connectivity index is 0.000000240. The fourth-order valence-corrected chi connectivity index (χ4v) is 2.06. The summed E-state index contributed by atoms with van der Waals surface area (Å²) in [7, 11) is 0. The Labute approximate surface area is 136 Å². The van der Waals surface area contributed by atoms with Crippen LogP contribution in [0.25, 0.3) is 0 Å². The van der Waals surface area contributed by atoms with Gasteiger partial charge in [0.2, 0.25) is 11.6 Å². The molecule has 0 unspecified atom stereocenters. The van der Waals surface area contributed by atoms with Gasteiger partial charge in [0, 0.05) is 0 Å². The molecule has 0 amide bonds. The molecule has 2 aliphatic heterocycles. The first-order valence-electron chi connectivity index (χ1n) is 7.05. The zero-order valence-corrected chi connectivity index (χ0v) is 12.6. The van der Waals surface area contributed by atoms with E-state index in [1.807, 2.05) is 0 Å². The maximum Gasteiger partial charge on any atom is 0.218 e. The third-order valence-electron chi connectivity index (χ3n) is 3.82. The first-order valence-corrected chi connectivity index (χ1v) is 7.05. The van der Waals surface area contributed by atoms with E-state index in [1.54, 1.807) is 0 Å². The third-order valence-corrected chi connectivity index (χ3v) is 3.82. The molecule has 2 rings (SSSR count). The molecule has 8 atom stereocenters. The molecule has 0 saturated carbocycles. The molecular formula is C12H24O12. The molecule has 0 radical (unpaired) electrons. The summed E-state index contributed by atoms with van der Waals surface area (Å²) in [5, 5.41) is 89.9. The summed E-state index contributed by atoms with van der Waals surface area (Å²) in [4.78, 5) is 0. The van der Waals surface area contributed by atoms with Gasteiger partial charge in [0.1, 0.15) is 36.6 Å². The van der Waals surface area contributed by atoms with E-state index in [2.05, 4.69) is 9.47 Å². The standard InChI is InChI=1S/2C6H12O6/c2*7-2-6(11)5(10)4(9)3(8)1-12-6/h2*3-5,7-11H,1-2H2/t2*3-,4+,5-,6+/m10/s1. The fourth-order valence-electron chi connectivity index (χ4n) is 2.06. The minimum Gasteiger partial charge on any atom is -0.391 e. The highest BCUT2D eigenvalue weighted by Gasteiger charge is 2.48. The maximum absolute atomic E-state index is 9.24. The summed E-state index contributed by atoms with van der Waals surface area (Å²) in [6.45, 7) is -2.32. The van der Waals surface area contributed by atoms with E-state index in [4.69, 9.17) is 40.9 Å². The molecular weight excluding hydrogens is 336 g/mol. The second kappa shape index (κ2) is 8.27. The van der Waals surface area contributed by atoms with Gasteiger partial charge in [-0.05, 0) is 0 Å². The minimum atomic E-state index is -2.17. The van der Waals surface area contributed by atoms with Gasteiger partial charge in [0.05, 0.1) is 26.4 Å². The normalized spacial score (nSPS) is 49.2. The SMILES string of the molecule is OC[C@@]1(O)OC[C@H](O)[C@@H](O)[C@@H]1O.OC[C@]1(O)OC[C@@H](O)[C@H](O)[C@H]1O. The van der Waals surface area contributed by atoms with Gasteiger partial charge < -0.3 is 60.5 Å². The Bertz CT molecular complexity index is 360. The molecule has 2 saturated heterocycles. The number of ether oxygens (including phenoxy) is 2. The molecule has 0 aromatic heterocycles. The van der Waals surface area contributed by atoms with Crippen LogP contribution in [-0.4, -0.2) is 126 Å². The zero-order valence-electron chi connectivity index (χ0n) is 12.6. The molecule has 0 spiro atoms. The van der Waals surface area contributed by atoms with Crippen molar-refractivity contribution in [3.05, 3.63) is 0 Å². The van der Waals surface area contributed by atoms with Crippen molar-refractivity contribution in [3.8, 4) is 0 Å². The van der Waals surface area contributed by atoms with Crippen molar-refractivity contribution in [2.75, 3.05) is 26.4 Å². The largest absolute Gasteiger partial charge is 0.391 e.